The SMILES string of the molecule is CO[C@H]1C=CO[C@@]2(C)Oc3c(C)c(O)c4c(O)c(c(/C=N/N5CCN(C)CC5)c(O)c4c3C2=O)NC(=N\Nc2ccc(N3C(=O)C4C5C=CC(O5)C4C3=O)cc2)/C(C)=C\C=C/[C@H](C)[C@H](O)[C@@H](C)[C@@H](O)[C@@H](C)[C@H](OC(C)=O)[C@@H]1C. The number of Topliss-reactive ketones (excluding diaryl/α,β-unsaturated/α-hetero) is 1. The van der Waals surface area contributed by atoms with Gasteiger partial charge in [0.15, 0.2) is 11.6 Å². The molecule has 7 aliphatic heterocycles. The molecule has 4 unspecified atom stereocenters. The Morgan fingerprint density at radius 2 is 1.51 bits per heavy atom. The topological polar surface area (TPSA) is 274 Å². The first kappa shape index (κ1) is 55.5. The largest absolute Gasteiger partial charge is 0.507 e. The average Bonchev–Trinajstić information content (AvgIpc) is 4.34. The smallest absolute Gasteiger partial charge is 0.312 e. The van der Waals surface area contributed by atoms with Gasteiger partial charge in [-0.15, -0.1) is 0 Å². The molecule has 7 aliphatic rings. The highest BCUT2D eigenvalue weighted by atomic mass is 16.7. The molecule has 0 aliphatic carbocycles. The summed E-state index contributed by atoms with van der Waals surface area (Å²) in [4.78, 5) is 57.8. The van der Waals surface area contributed by atoms with Crippen LogP contribution in [0.15, 0.2) is 82.8 Å². The molecule has 13 atom stereocenters. The first-order valence-corrected chi connectivity index (χ1v) is 26.2. The molecule has 3 aromatic carbocycles. The van der Waals surface area contributed by atoms with E-state index in [1.54, 1.807) is 82.1 Å². The van der Waals surface area contributed by atoms with Crippen molar-refractivity contribution in [3.63, 3.8) is 0 Å². The number of rotatable bonds is 7. The number of phenols is 3. The minimum atomic E-state index is -2.09. The summed E-state index contributed by atoms with van der Waals surface area (Å²) >= 11 is 0. The van der Waals surface area contributed by atoms with Gasteiger partial charge in [0.05, 0.1) is 88.4 Å². The predicted octanol–water partition coefficient (Wildman–Crippen LogP) is 5.68. The summed E-state index contributed by atoms with van der Waals surface area (Å²) in [6.45, 7) is 15.3. The number of hydrazone groups is 2. The Morgan fingerprint density at radius 3 is 2.14 bits per heavy atom. The van der Waals surface area contributed by atoms with E-state index in [0.29, 0.717) is 43.1 Å². The standard InChI is InChI=1S/C57H69N7O14/c1-27-12-11-13-28(2)54(61-60-34-14-16-35(17-15-34)64-55(72)40-38-18-19-39(77-38)41(40)56(64)73)59-45-36(26-58-63-23-21-62(9)22-24-63)49(69)42-43(50(45)70)48(68)32(6)52-44(42)53(71)57(8,78-52)75-25-20-37(74-10)29(3)51(76-33(7)65)31(5)47(67)30(4)46(27)66/h11-20,25-27,29-31,37-41,46-47,51,60,66-70H,21-24H2,1-10H3,(H,59,61)/b12-11-,25-20?,28-13-,58-26+/t27-,29+,30+,31+,37-,38?,39?,40?,41?,46-,47+,51+,57-/m0/s1. The summed E-state index contributed by atoms with van der Waals surface area (Å²) in [7, 11) is 3.43. The van der Waals surface area contributed by atoms with Gasteiger partial charge in [-0.1, -0.05) is 58.1 Å². The van der Waals surface area contributed by atoms with Crippen molar-refractivity contribution in [2.75, 3.05) is 56.0 Å². The number of nitrogens with one attached hydrogen (secondary N) is 2. The Morgan fingerprint density at radius 1 is 0.859 bits per heavy atom. The van der Waals surface area contributed by atoms with Crippen LogP contribution >= 0.6 is 0 Å². The summed E-state index contributed by atoms with van der Waals surface area (Å²) in [6, 6.07) is 6.52. The first-order valence-electron chi connectivity index (χ1n) is 26.2. The zero-order valence-corrected chi connectivity index (χ0v) is 45.3. The van der Waals surface area contributed by atoms with E-state index in [-0.39, 0.29) is 56.5 Å². The zero-order valence-electron chi connectivity index (χ0n) is 45.3. The third-order valence-electron chi connectivity index (χ3n) is 16.2. The lowest BCUT2D eigenvalue weighted by Gasteiger charge is -2.38. The van der Waals surface area contributed by atoms with Crippen LogP contribution in [-0.2, 0) is 33.3 Å². The average molecular weight is 1080 g/mol. The second kappa shape index (κ2) is 21.9. The van der Waals surface area contributed by atoms with E-state index in [1.165, 1.54) is 51.3 Å². The predicted molar refractivity (Wildman–Crippen MR) is 290 cm³/mol. The Hall–Kier alpha value is -7.30. The number of amides is 2. The molecule has 0 aromatic heterocycles. The van der Waals surface area contributed by atoms with Crippen molar-refractivity contribution in [1.29, 1.82) is 0 Å². The van der Waals surface area contributed by atoms with Gasteiger partial charge in [-0.2, -0.15) is 10.2 Å². The molecule has 7 bridgehead atoms. The number of likely N-dealkylation sites (N-methyl/N-ethyl adjacent to an activating group) is 1. The van der Waals surface area contributed by atoms with Crippen LogP contribution in [0, 0.1) is 42.4 Å². The van der Waals surface area contributed by atoms with Crippen LogP contribution in [0.4, 0.5) is 17.1 Å². The first-order chi connectivity index (χ1) is 37.1. The number of fused-ring (bicyclic) bond motifs is 19. The highest BCUT2D eigenvalue weighted by molar-refractivity contribution is 6.25. The number of benzene rings is 3. The van der Waals surface area contributed by atoms with E-state index in [4.69, 9.17) is 33.9 Å². The van der Waals surface area contributed by atoms with Crippen molar-refractivity contribution in [3.05, 3.63) is 89.2 Å². The maximum absolute atomic E-state index is 14.8. The van der Waals surface area contributed by atoms with Gasteiger partial charge in [0.25, 0.3) is 5.78 Å². The van der Waals surface area contributed by atoms with E-state index in [2.05, 4.69) is 15.6 Å². The van der Waals surface area contributed by atoms with Crippen LogP contribution in [-0.4, -0.2) is 154 Å². The number of imide groups is 1. The van der Waals surface area contributed by atoms with Crippen molar-refractivity contribution in [2.24, 2.45) is 45.7 Å². The minimum absolute atomic E-state index is 0.0518. The number of nitrogens with zero attached hydrogens (tertiary/aromatic N) is 5. The van der Waals surface area contributed by atoms with Crippen molar-refractivity contribution in [1.82, 2.24) is 9.91 Å². The number of aliphatic hydroxyl groups excluding tert-OH is 2. The fraction of sp³-hybridized carbons (Fsp3) is 0.474. The number of esters is 1. The zero-order chi connectivity index (χ0) is 56.2. The third-order valence-corrected chi connectivity index (χ3v) is 16.2. The molecule has 3 saturated heterocycles. The Labute approximate surface area is 452 Å². The van der Waals surface area contributed by atoms with E-state index in [1.807, 2.05) is 19.2 Å². The fourth-order valence-corrected chi connectivity index (χ4v) is 11.4. The quantitative estimate of drug-likeness (QED) is 0.0285. The lowest BCUT2D eigenvalue weighted by Crippen LogP contribution is -2.46. The van der Waals surface area contributed by atoms with Gasteiger partial charge in [0.1, 0.15) is 23.4 Å². The number of methoxy groups -OCH3 is 1. The highest BCUT2D eigenvalue weighted by Crippen LogP contribution is 2.55. The highest BCUT2D eigenvalue weighted by Gasteiger charge is 2.61. The van der Waals surface area contributed by atoms with Crippen molar-refractivity contribution >= 4 is 63.5 Å². The number of hydrogen-bond donors (Lipinski definition) is 7. The summed E-state index contributed by atoms with van der Waals surface area (Å²) in [5, 5.41) is 74.6. The van der Waals surface area contributed by atoms with Gasteiger partial charge in [-0.05, 0) is 56.8 Å². The van der Waals surface area contributed by atoms with Crippen molar-refractivity contribution in [3.8, 4) is 23.0 Å². The molecule has 2 amide bonds. The van der Waals surface area contributed by atoms with Crippen LogP contribution in [0.25, 0.3) is 10.8 Å². The molecule has 0 saturated carbocycles. The molecule has 10 rings (SSSR count). The van der Waals surface area contributed by atoms with Crippen LogP contribution in [0.1, 0.15) is 70.0 Å². The van der Waals surface area contributed by atoms with Gasteiger partial charge in [0, 0.05) is 81.8 Å². The summed E-state index contributed by atoms with van der Waals surface area (Å²) in [5.41, 5.74) is 3.88. The van der Waals surface area contributed by atoms with Crippen LogP contribution < -0.4 is 20.4 Å². The third kappa shape index (κ3) is 9.97. The molecule has 416 valence electrons. The number of amidine groups is 1. The van der Waals surface area contributed by atoms with E-state index in [0.717, 1.165) is 0 Å². The molecule has 3 aromatic rings. The normalized spacial score (nSPS) is 33.2. The van der Waals surface area contributed by atoms with Crippen molar-refractivity contribution in [2.45, 2.75) is 97.8 Å². The minimum Gasteiger partial charge on any atom is -0.507 e. The molecular formula is C57H69N7O14. The summed E-state index contributed by atoms with van der Waals surface area (Å²) in [5.74, 6) is -9.58. The number of aliphatic hydroxyl groups is 2. The van der Waals surface area contributed by atoms with Gasteiger partial charge in [0.2, 0.25) is 11.8 Å². The molecule has 0 radical (unpaired) electrons. The summed E-state index contributed by atoms with van der Waals surface area (Å²) < 4.78 is 29.8. The number of anilines is 3. The van der Waals surface area contributed by atoms with Crippen LogP contribution in [0.3, 0.4) is 0 Å². The van der Waals surface area contributed by atoms with Gasteiger partial charge >= 0.3 is 11.8 Å². The van der Waals surface area contributed by atoms with E-state index >= 15 is 0 Å². The monoisotopic (exact) mass is 1080 g/mol. The van der Waals surface area contributed by atoms with E-state index < -0.39 is 107 Å². The molecule has 21 heteroatoms. The second-order valence-corrected chi connectivity index (χ2v) is 21.4. The second-order valence-electron chi connectivity index (χ2n) is 21.4. The van der Waals surface area contributed by atoms with Crippen LogP contribution in [0.2, 0.25) is 0 Å². The number of carbonyl (C=O) groups excluding carboxylic acids is 4. The fourth-order valence-electron chi connectivity index (χ4n) is 11.4. The van der Waals surface area contributed by atoms with E-state index in [9.17, 15) is 44.7 Å². The van der Waals surface area contributed by atoms with Gasteiger partial charge in [-0.25, -0.2) is 4.90 Å². The number of allylic oxidation sites excluding steroid dienone is 2. The molecule has 7 N–H and O–H groups in total. The number of ketones is 1. The number of hydrogen-bond acceptors (Lipinski definition) is 19. The number of carbonyl (C=O) groups is 4. The van der Waals surface area contributed by atoms with Crippen molar-refractivity contribution < 1.29 is 68.4 Å². The molecule has 78 heavy (non-hydrogen) atoms. The maximum atomic E-state index is 14.8. The molecule has 0 spiro atoms. The Bertz CT molecular complexity index is 3040. The molecule has 21 nitrogen and oxygen atoms in total. The number of piperazine rings is 1. The lowest BCUT2D eigenvalue weighted by molar-refractivity contribution is -0.160. The van der Waals surface area contributed by atoms with Crippen LogP contribution in [0.5, 0.6) is 23.0 Å². The maximum Gasteiger partial charge on any atom is 0.312 e. The number of phenolic OH excluding ortho intramolecular Hbond substituents is 3. The van der Waals surface area contributed by atoms with Gasteiger partial charge in [-0.3, -0.25) is 29.6 Å². The number of ether oxygens (including phenoxy) is 5. The molecule has 3 fully saturated rings. The Kier molecular flexibility index (Phi) is 15.5. The molecular weight excluding hydrogens is 1010 g/mol. The summed E-state index contributed by atoms with van der Waals surface area (Å²) in [6.07, 6.45) is 7.93. The lowest BCUT2D eigenvalue weighted by atomic mass is 9.78. The van der Waals surface area contributed by atoms with Gasteiger partial charge < -0.3 is 59.4 Å². The molecule has 7 heterocycles. The Balaban J connectivity index is 1.16. The number of aromatic hydroxyl groups is 3.